The van der Waals surface area contributed by atoms with Crippen molar-refractivity contribution >= 4 is 11.6 Å². The molecule has 0 aliphatic heterocycles. The maximum absolute atomic E-state index is 12.9. The van der Waals surface area contributed by atoms with E-state index in [4.69, 9.17) is 0 Å². The fourth-order valence-corrected chi connectivity index (χ4v) is 2.80. The summed E-state index contributed by atoms with van der Waals surface area (Å²) < 4.78 is 1.45. The van der Waals surface area contributed by atoms with Gasteiger partial charge in [0, 0.05) is 5.69 Å². The van der Waals surface area contributed by atoms with Crippen LogP contribution >= 0.6 is 0 Å². The SMILES string of the molecule is CC/C(=N\NC(=O)c1ccccc1O)c1c(C)[nH]n(-c2ccccc2)c1=O. The average molecular weight is 364 g/mol. The van der Waals surface area contributed by atoms with Crippen LogP contribution in [0.1, 0.15) is 35.0 Å². The van der Waals surface area contributed by atoms with E-state index in [1.807, 2.05) is 37.3 Å². The van der Waals surface area contributed by atoms with Crippen molar-refractivity contribution in [3.8, 4) is 11.4 Å². The first-order valence-electron chi connectivity index (χ1n) is 8.55. The molecule has 138 valence electrons. The zero-order valence-electron chi connectivity index (χ0n) is 15.1. The molecule has 0 aliphatic rings. The Kier molecular flexibility index (Phi) is 5.21. The summed E-state index contributed by atoms with van der Waals surface area (Å²) in [6, 6.07) is 15.4. The number of aromatic amines is 1. The minimum Gasteiger partial charge on any atom is -0.507 e. The molecule has 3 rings (SSSR count). The van der Waals surface area contributed by atoms with Crippen LogP contribution in [0, 0.1) is 6.92 Å². The van der Waals surface area contributed by atoms with Crippen molar-refractivity contribution in [3.63, 3.8) is 0 Å². The second-order valence-corrected chi connectivity index (χ2v) is 5.96. The van der Waals surface area contributed by atoms with E-state index in [2.05, 4.69) is 15.6 Å². The van der Waals surface area contributed by atoms with E-state index in [0.717, 1.165) is 0 Å². The van der Waals surface area contributed by atoms with Gasteiger partial charge < -0.3 is 5.11 Å². The van der Waals surface area contributed by atoms with E-state index in [-0.39, 0.29) is 16.9 Å². The average Bonchev–Trinajstić information content (AvgIpc) is 2.98. The Morgan fingerprint density at radius 3 is 2.48 bits per heavy atom. The van der Waals surface area contributed by atoms with Crippen LogP contribution in [0.5, 0.6) is 5.75 Å². The number of nitrogens with one attached hydrogen (secondary N) is 2. The second kappa shape index (κ2) is 7.74. The summed E-state index contributed by atoms with van der Waals surface area (Å²) >= 11 is 0. The molecule has 0 saturated carbocycles. The molecule has 0 bridgehead atoms. The minimum atomic E-state index is -0.546. The number of para-hydroxylation sites is 2. The Labute approximate surface area is 156 Å². The number of carbonyl (C=O) groups excluding carboxylic acids is 1. The number of aryl methyl sites for hydroxylation is 1. The van der Waals surface area contributed by atoms with Gasteiger partial charge in [0.1, 0.15) is 5.75 Å². The Morgan fingerprint density at radius 1 is 1.15 bits per heavy atom. The van der Waals surface area contributed by atoms with Crippen LogP contribution < -0.4 is 11.0 Å². The van der Waals surface area contributed by atoms with Crippen molar-refractivity contribution in [1.82, 2.24) is 15.2 Å². The van der Waals surface area contributed by atoms with E-state index < -0.39 is 5.91 Å². The number of phenols is 1. The highest BCUT2D eigenvalue weighted by molar-refractivity contribution is 6.03. The molecule has 27 heavy (non-hydrogen) atoms. The maximum atomic E-state index is 12.9. The van der Waals surface area contributed by atoms with Crippen LogP contribution in [0.15, 0.2) is 64.5 Å². The van der Waals surface area contributed by atoms with Gasteiger partial charge >= 0.3 is 0 Å². The number of hydrazone groups is 1. The number of carbonyl (C=O) groups is 1. The van der Waals surface area contributed by atoms with Gasteiger partial charge in [0.2, 0.25) is 0 Å². The van der Waals surface area contributed by atoms with Gasteiger partial charge in [-0.15, -0.1) is 0 Å². The number of rotatable bonds is 5. The fraction of sp³-hybridized carbons (Fsp3) is 0.150. The van der Waals surface area contributed by atoms with E-state index in [9.17, 15) is 14.7 Å². The summed E-state index contributed by atoms with van der Waals surface area (Å²) in [5, 5.41) is 16.9. The summed E-state index contributed by atoms with van der Waals surface area (Å²) in [6.07, 6.45) is 0.448. The predicted molar refractivity (Wildman–Crippen MR) is 104 cm³/mol. The molecule has 0 saturated heterocycles. The number of phenolic OH excluding ortho intramolecular Hbond substituents is 1. The van der Waals surface area contributed by atoms with Gasteiger partial charge in [-0.05, 0) is 37.6 Å². The highest BCUT2D eigenvalue weighted by atomic mass is 16.3. The molecular weight excluding hydrogens is 344 g/mol. The highest BCUT2D eigenvalue weighted by Gasteiger charge is 2.17. The Hall–Kier alpha value is -3.61. The summed E-state index contributed by atoms with van der Waals surface area (Å²) in [5.74, 6) is -0.678. The molecule has 0 aliphatic carbocycles. The number of nitrogens with zero attached hydrogens (tertiary/aromatic N) is 2. The summed E-state index contributed by atoms with van der Waals surface area (Å²) in [6.45, 7) is 3.63. The number of aromatic hydroxyl groups is 1. The number of hydrogen-bond acceptors (Lipinski definition) is 4. The summed E-state index contributed by atoms with van der Waals surface area (Å²) in [5.41, 5.74) is 4.53. The maximum Gasteiger partial charge on any atom is 0.280 e. The van der Waals surface area contributed by atoms with Gasteiger partial charge in [-0.3, -0.25) is 14.7 Å². The third-order valence-electron chi connectivity index (χ3n) is 4.15. The van der Waals surface area contributed by atoms with Gasteiger partial charge in [0.05, 0.1) is 22.5 Å². The van der Waals surface area contributed by atoms with Crippen molar-refractivity contribution in [2.24, 2.45) is 5.10 Å². The zero-order chi connectivity index (χ0) is 19.4. The normalized spacial score (nSPS) is 11.4. The molecular formula is C20H20N4O3. The molecule has 1 aromatic heterocycles. The van der Waals surface area contributed by atoms with Crippen molar-refractivity contribution in [2.45, 2.75) is 20.3 Å². The van der Waals surface area contributed by atoms with Gasteiger partial charge in [0.15, 0.2) is 0 Å². The smallest absolute Gasteiger partial charge is 0.280 e. The number of benzene rings is 2. The second-order valence-electron chi connectivity index (χ2n) is 5.96. The third kappa shape index (κ3) is 3.67. The molecule has 0 unspecified atom stereocenters. The van der Waals surface area contributed by atoms with Gasteiger partial charge in [0.25, 0.3) is 11.5 Å². The first-order chi connectivity index (χ1) is 13.0. The standard InChI is InChI=1S/C20H20N4O3/c1-3-16(21-22-19(26)15-11-7-8-12-17(15)25)18-13(2)23-24(20(18)27)14-9-5-4-6-10-14/h4-12,23,25H,3H2,1-2H3,(H,22,26)/b21-16+. The largest absolute Gasteiger partial charge is 0.507 e. The lowest BCUT2D eigenvalue weighted by molar-refractivity contribution is 0.0952. The Bertz CT molecular complexity index is 1050. The Balaban J connectivity index is 1.93. The molecule has 0 fully saturated rings. The van der Waals surface area contributed by atoms with Crippen molar-refractivity contribution in [2.75, 3.05) is 0 Å². The lowest BCUT2D eigenvalue weighted by atomic mass is 10.1. The monoisotopic (exact) mass is 364 g/mol. The molecule has 7 heteroatoms. The zero-order valence-corrected chi connectivity index (χ0v) is 15.1. The van der Waals surface area contributed by atoms with Crippen LogP contribution in [0.25, 0.3) is 5.69 Å². The molecule has 3 aromatic rings. The highest BCUT2D eigenvalue weighted by Crippen LogP contribution is 2.15. The topological polar surface area (TPSA) is 99.5 Å². The number of H-pyrrole nitrogens is 1. The lowest BCUT2D eigenvalue weighted by Gasteiger charge is -2.05. The molecule has 3 N–H and O–H groups in total. The van der Waals surface area contributed by atoms with Gasteiger partial charge in [-0.25, -0.2) is 10.1 Å². The first kappa shape index (κ1) is 18.2. The van der Waals surface area contributed by atoms with Crippen molar-refractivity contribution in [3.05, 3.63) is 81.8 Å². The van der Waals surface area contributed by atoms with E-state index >= 15 is 0 Å². The Morgan fingerprint density at radius 2 is 1.81 bits per heavy atom. The first-order valence-corrected chi connectivity index (χ1v) is 8.55. The molecule has 0 spiro atoms. The molecule has 7 nitrogen and oxygen atoms in total. The number of amides is 1. The van der Waals surface area contributed by atoms with E-state index in [1.165, 1.54) is 16.8 Å². The number of hydrogen-bond donors (Lipinski definition) is 3. The predicted octanol–water partition coefficient (Wildman–Crippen LogP) is 2.72. The van der Waals surface area contributed by atoms with Gasteiger partial charge in [-0.1, -0.05) is 37.3 Å². The number of aromatic nitrogens is 2. The molecule has 0 atom stereocenters. The molecule has 1 amide bonds. The summed E-state index contributed by atoms with van der Waals surface area (Å²) in [4.78, 5) is 25.1. The van der Waals surface area contributed by atoms with Crippen molar-refractivity contribution < 1.29 is 9.90 Å². The quantitative estimate of drug-likeness (QED) is 0.479. The van der Waals surface area contributed by atoms with Crippen molar-refractivity contribution in [1.29, 1.82) is 0 Å². The fourth-order valence-electron chi connectivity index (χ4n) is 2.80. The van der Waals surface area contributed by atoms with Gasteiger partial charge in [-0.2, -0.15) is 5.10 Å². The van der Waals surface area contributed by atoms with E-state index in [0.29, 0.717) is 29.1 Å². The van der Waals surface area contributed by atoms with E-state index in [1.54, 1.807) is 19.1 Å². The molecule has 1 heterocycles. The molecule has 0 radical (unpaired) electrons. The van der Waals surface area contributed by atoms with Crippen LogP contribution in [0.4, 0.5) is 0 Å². The lowest BCUT2D eigenvalue weighted by Crippen LogP contribution is -2.24. The van der Waals surface area contributed by atoms with Crippen LogP contribution in [0.3, 0.4) is 0 Å². The minimum absolute atomic E-state index is 0.115. The van der Waals surface area contributed by atoms with Crippen LogP contribution in [-0.4, -0.2) is 26.5 Å². The molecule has 2 aromatic carbocycles. The summed E-state index contributed by atoms with van der Waals surface area (Å²) in [7, 11) is 0. The van der Waals surface area contributed by atoms with Crippen LogP contribution in [-0.2, 0) is 0 Å². The third-order valence-corrected chi connectivity index (χ3v) is 4.15. The van der Waals surface area contributed by atoms with Crippen LogP contribution in [0.2, 0.25) is 0 Å².